The molecule has 2 aromatic rings. The Kier molecular flexibility index (Phi) is 4.53. The lowest BCUT2D eigenvalue weighted by Gasteiger charge is -2.14. The molecule has 0 bridgehead atoms. The highest BCUT2D eigenvalue weighted by Crippen LogP contribution is 2.26. The van der Waals surface area contributed by atoms with Gasteiger partial charge in [-0.05, 0) is 36.2 Å². The summed E-state index contributed by atoms with van der Waals surface area (Å²) in [6.07, 6.45) is 0.626. The number of aliphatic hydroxyl groups excluding tert-OH is 1. The minimum absolute atomic E-state index is 0.266. The van der Waals surface area contributed by atoms with E-state index in [9.17, 15) is 9.90 Å². The van der Waals surface area contributed by atoms with Gasteiger partial charge in [-0.15, -0.1) is 0 Å². The first-order valence-electron chi connectivity index (χ1n) is 6.67. The fraction of sp³-hybridized carbons (Fsp3) is 0.235. The summed E-state index contributed by atoms with van der Waals surface area (Å²) in [6.45, 7) is 3.75. The van der Waals surface area contributed by atoms with Crippen molar-refractivity contribution in [3.8, 4) is 0 Å². The monoisotopic (exact) mass is 270 g/mol. The Hall–Kier alpha value is -2.13. The molecule has 0 fully saturated rings. The quantitative estimate of drug-likeness (QED) is 0.684. The Labute approximate surface area is 118 Å². The third kappa shape index (κ3) is 2.89. The van der Waals surface area contributed by atoms with Crippen LogP contribution in [0.15, 0.2) is 54.1 Å². The molecule has 3 nitrogen and oxygen atoms in total. The number of hydrogen-bond donors (Lipinski definition) is 1. The van der Waals surface area contributed by atoms with E-state index >= 15 is 0 Å². The zero-order valence-corrected chi connectivity index (χ0v) is 11.7. The molecule has 0 aliphatic carbocycles. The first kappa shape index (κ1) is 14.3. The van der Waals surface area contributed by atoms with Crippen LogP contribution in [0.1, 0.15) is 25.5 Å². The van der Waals surface area contributed by atoms with Crippen molar-refractivity contribution in [1.82, 2.24) is 0 Å². The first-order chi connectivity index (χ1) is 9.67. The largest absolute Gasteiger partial charge is 0.463 e. The number of carbonyl (C=O) groups excluding carboxylic acids is 1. The maximum absolute atomic E-state index is 11.8. The number of aliphatic hydroxyl groups is 1. The molecule has 0 heterocycles. The molecule has 0 aromatic heterocycles. The molecule has 20 heavy (non-hydrogen) atoms. The fourth-order valence-electron chi connectivity index (χ4n) is 2.16. The SMILES string of the molecule is C/C=C(/C(=O)OCC)C(O)c1ccc2ccccc2c1. The van der Waals surface area contributed by atoms with E-state index in [1.807, 2.05) is 42.5 Å². The summed E-state index contributed by atoms with van der Waals surface area (Å²) in [5, 5.41) is 12.5. The Morgan fingerprint density at radius 1 is 1.25 bits per heavy atom. The van der Waals surface area contributed by atoms with Gasteiger partial charge in [0.2, 0.25) is 0 Å². The highest BCUT2D eigenvalue weighted by atomic mass is 16.5. The Balaban J connectivity index is 2.34. The van der Waals surface area contributed by atoms with Gasteiger partial charge in [0.15, 0.2) is 0 Å². The molecule has 0 aliphatic rings. The zero-order valence-electron chi connectivity index (χ0n) is 11.7. The highest BCUT2D eigenvalue weighted by Gasteiger charge is 2.20. The lowest BCUT2D eigenvalue weighted by molar-refractivity contribution is -0.139. The fourth-order valence-corrected chi connectivity index (χ4v) is 2.16. The maximum Gasteiger partial charge on any atom is 0.336 e. The summed E-state index contributed by atoms with van der Waals surface area (Å²) >= 11 is 0. The van der Waals surface area contributed by atoms with Crippen molar-refractivity contribution < 1.29 is 14.6 Å². The number of carbonyl (C=O) groups is 1. The lowest BCUT2D eigenvalue weighted by atomic mass is 9.98. The summed E-state index contributed by atoms with van der Waals surface area (Å²) in [6, 6.07) is 13.6. The second-order valence-corrected chi connectivity index (χ2v) is 4.47. The van der Waals surface area contributed by atoms with Gasteiger partial charge in [-0.2, -0.15) is 0 Å². The van der Waals surface area contributed by atoms with E-state index in [1.54, 1.807) is 19.9 Å². The van der Waals surface area contributed by atoms with Crippen LogP contribution >= 0.6 is 0 Å². The number of fused-ring (bicyclic) bond motifs is 1. The van der Waals surface area contributed by atoms with Crippen molar-refractivity contribution in [2.75, 3.05) is 6.61 Å². The van der Waals surface area contributed by atoms with Crippen LogP contribution < -0.4 is 0 Å². The molecule has 0 radical (unpaired) electrons. The molecular formula is C17H18O3. The van der Waals surface area contributed by atoms with E-state index in [1.165, 1.54) is 0 Å². The predicted octanol–water partition coefficient (Wildman–Crippen LogP) is 3.38. The molecule has 2 rings (SSSR count). The normalized spacial score (nSPS) is 13.2. The van der Waals surface area contributed by atoms with Crippen molar-refractivity contribution in [1.29, 1.82) is 0 Å². The number of esters is 1. The van der Waals surface area contributed by atoms with Gasteiger partial charge in [0.1, 0.15) is 6.10 Å². The number of allylic oxidation sites excluding steroid dienone is 1. The molecule has 0 spiro atoms. The zero-order chi connectivity index (χ0) is 14.5. The summed E-state index contributed by atoms with van der Waals surface area (Å²) in [5.74, 6) is -0.476. The van der Waals surface area contributed by atoms with Gasteiger partial charge in [-0.3, -0.25) is 0 Å². The molecule has 0 aliphatic heterocycles. The van der Waals surface area contributed by atoms with Gasteiger partial charge in [0.05, 0.1) is 12.2 Å². The van der Waals surface area contributed by atoms with Gasteiger partial charge in [0, 0.05) is 0 Å². The molecule has 0 saturated heterocycles. The lowest BCUT2D eigenvalue weighted by Crippen LogP contribution is -2.14. The van der Waals surface area contributed by atoms with Gasteiger partial charge in [0.25, 0.3) is 0 Å². The van der Waals surface area contributed by atoms with Crippen molar-refractivity contribution in [3.05, 3.63) is 59.7 Å². The van der Waals surface area contributed by atoms with Crippen LogP contribution in [0.4, 0.5) is 0 Å². The molecule has 3 heteroatoms. The van der Waals surface area contributed by atoms with E-state index in [4.69, 9.17) is 4.74 Å². The maximum atomic E-state index is 11.8. The molecule has 1 unspecified atom stereocenters. The number of ether oxygens (including phenoxy) is 1. The number of hydrogen-bond acceptors (Lipinski definition) is 3. The molecule has 0 saturated carbocycles. The van der Waals surface area contributed by atoms with Crippen molar-refractivity contribution in [3.63, 3.8) is 0 Å². The summed E-state index contributed by atoms with van der Waals surface area (Å²) in [5.41, 5.74) is 0.951. The summed E-state index contributed by atoms with van der Waals surface area (Å²) < 4.78 is 4.96. The van der Waals surface area contributed by atoms with E-state index in [2.05, 4.69) is 0 Å². The van der Waals surface area contributed by atoms with Gasteiger partial charge in [-0.1, -0.05) is 42.5 Å². The van der Waals surface area contributed by atoms with E-state index in [0.717, 1.165) is 10.8 Å². The molecule has 104 valence electrons. The first-order valence-corrected chi connectivity index (χ1v) is 6.67. The second-order valence-electron chi connectivity index (χ2n) is 4.47. The molecule has 1 N–H and O–H groups in total. The van der Waals surface area contributed by atoms with E-state index in [-0.39, 0.29) is 5.57 Å². The number of rotatable bonds is 4. The Morgan fingerprint density at radius 3 is 2.60 bits per heavy atom. The van der Waals surface area contributed by atoms with Gasteiger partial charge in [-0.25, -0.2) is 4.79 Å². The molecule has 1 atom stereocenters. The average Bonchev–Trinajstić information content (AvgIpc) is 2.47. The minimum atomic E-state index is -0.969. The van der Waals surface area contributed by atoms with Crippen LogP contribution in [0, 0.1) is 0 Å². The van der Waals surface area contributed by atoms with Crippen molar-refractivity contribution in [2.45, 2.75) is 20.0 Å². The predicted molar refractivity (Wildman–Crippen MR) is 79.3 cm³/mol. The highest BCUT2D eigenvalue weighted by molar-refractivity contribution is 5.90. The second kappa shape index (κ2) is 6.35. The number of benzene rings is 2. The summed E-state index contributed by atoms with van der Waals surface area (Å²) in [4.78, 5) is 11.8. The minimum Gasteiger partial charge on any atom is -0.463 e. The van der Waals surface area contributed by atoms with Crippen molar-refractivity contribution in [2.24, 2.45) is 0 Å². The standard InChI is InChI=1S/C17H18O3/c1-3-15(17(19)20-4-2)16(18)14-10-9-12-7-5-6-8-13(12)11-14/h3,5-11,16,18H,4H2,1-2H3/b15-3+. The molecule has 2 aromatic carbocycles. The Morgan fingerprint density at radius 2 is 1.95 bits per heavy atom. The van der Waals surface area contributed by atoms with Crippen LogP contribution in [0.2, 0.25) is 0 Å². The van der Waals surface area contributed by atoms with Crippen LogP contribution in [0.25, 0.3) is 10.8 Å². The Bertz CT molecular complexity index is 643. The smallest absolute Gasteiger partial charge is 0.336 e. The van der Waals surface area contributed by atoms with Crippen LogP contribution in [-0.2, 0) is 9.53 Å². The van der Waals surface area contributed by atoms with Gasteiger partial charge < -0.3 is 9.84 Å². The van der Waals surface area contributed by atoms with Crippen molar-refractivity contribution >= 4 is 16.7 Å². The summed E-state index contributed by atoms with van der Waals surface area (Å²) in [7, 11) is 0. The van der Waals surface area contributed by atoms with Gasteiger partial charge >= 0.3 is 5.97 Å². The van der Waals surface area contributed by atoms with Crippen LogP contribution in [0.3, 0.4) is 0 Å². The topological polar surface area (TPSA) is 46.5 Å². The molecular weight excluding hydrogens is 252 g/mol. The molecule has 0 amide bonds. The van der Waals surface area contributed by atoms with E-state index < -0.39 is 12.1 Å². The van der Waals surface area contributed by atoms with Crippen LogP contribution in [0.5, 0.6) is 0 Å². The third-order valence-corrected chi connectivity index (χ3v) is 3.21. The average molecular weight is 270 g/mol. The van der Waals surface area contributed by atoms with E-state index in [0.29, 0.717) is 12.2 Å². The third-order valence-electron chi connectivity index (χ3n) is 3.21. The van der Waals surface area contributed by atoms with Crippen LogP contribution in [-0.4, -0.2) is 17.7 Å².